The van der Waals surface area contributed by atoms with Crippen LogP contribution >= 0.6 is 11.3 Å². The van der Waals surface area contributed by atoms with Gasteiger partial charge in [-0.1, -0.05) is 35.5 Å². The second-order valence-corrected chi connectivity index (χ2v) is 6.85. The van der Waals surface area contributed by atoms with Crippen molar-refractivity contribution in [3.63, 3.8) is 0 Å². The number of fused-ring (bicyclic) bond motifs is 1. The van der Waals surface area contributed by atoms with E-state index >= 15 is 0 Å². The molecule has 1 aliphatic carbocycles. The van der Waals surface area contributed by atoms with Crippen molar-refractivity contribution >= 4 is 34.4 Å². The quantitative estimate of drug-likeness (QED) is 0.459. The Kier molecular flexibility index (Phi) is 6.01. The van der Waals surface area contributed by atoms with Crippen LogP contribution in [0.25, 0.3) is 0 Å². The van der Waals surface area contributed by atoms with E-state index < -0.39 is 0 Å². The molecule has 6 nitrogen and oxygen atoms in total. The van der Waals surface area contributed by atoms with E-state index in [1.165, 1.54) is 17.6 Å². The van der Waals surface area contributed by atoms with Crippen LogP contribution in [0.4, 0.5) is 5.00 Å². The van der Waals surface area contributed by atoms with Crippen LogP contribution in [0.15, 0.2) is 35.5 Å². The molecule has 0 fully saturated rings. The number of ether oxygens (including phenoxy) is 1. The van der Waals surface area contributed by atoms with Crippen molar-refractivity contribution in [2.45, 2.75) is 26.2 Å². The molecule has 0 spiro atoms. The standard InChI is InChI=1S/C19H20N2O4S/c1-2-24-19(23)17-14-9-6-10-15(14)26-18(17)21-16(22)12-25-20-11-13-7-4-3-5-8-13/h3-5,7-8,11H,2,6,9-10,12H2,1H3,(H,21,22)/b20-11-. The highest BCUT2D eigenvalue weighted by Gasteiger charge is 2.28. The van der Waals surface area contributed by atoms with Crippen molar-refractivity contribution in [1.29, 1.82) is 0 Å². The number of thiophene rings is 1. The number of hydrogen-bond acceptors (Lipinski definition) is 6. The summed E-state index contributed by atoms with van der Waals surface area (Å²) in [6.45, 7) is 1.84. The number of anilines is 1. The van der Waals surface area contributed by atoms with Gasteiger partial charge in [-0.2, -0.15) is 0 Å². The molecule has 0 unspecified atom stereocenters. The van der Waals surface area contributed by atoms with Gasteiger partial charge < -0.3 is 14.9 Å². The molecule has 0 atom stereocenters. The van der Waals surface area contributed by atoms with Crippen molar-refractivity contribution in [2.75, 3.05) is 18.5 Å². The molecule has 0 aliphatic heterocycles. The number of benzene rings is 1. The van der Waals surface area contributed by atoms with Gasteiger partial charge in [-0.3, -0.25) is 4.79 Å². The molecule has 0 bridgehead atoms. The van der Waals surface area contributed by atoms with Crippen molar-refractivity contribution in [3.05, 3.63) is 51.9 Å². The maximum absolute atomic E-state index is 12.3. The third-order valence-corrected chi connectivity index (χ3v) is 5.13. The van der Waals surface area contributed by atoms with E-state index in [1.54, 1.807) is 6.92 Å². The van der Waals surface area contributed by atoms with Gasteiger partial charge in [0.25, 0.3) is 5.91 Å². The maximum Gasteiger partial charge on any atom is 0.341 e. The number of carbonyl (C=O) groups excluding carboxylic acids is 2. The van der Waals surface area contributed by atoms with Crippen LogP contribution in [0.1, 0.15) is 39.7 Å². The molecule has 0 saturated carbocycles. The summed E-state index contributed by atoms with van der Waals surface area (Å²) < 4.78 is 5.14. The summed E-state index contributed by atoms with van der Waals surface area (Å²) in [5, 5.41) is 7.08. The van der Waals surface area contributed by atoms with Gasteiger partial charge in [0, 0.05) is 4.88 Å². The second kappa shape index (κ2) is 8.62. The van der Waals surface area contributed by atoms with Gasteiger partial charge in [0.2, 0.25) is 0 Å². The highest BCUT2D eigenvalue weighted by Crippen LogP contribution is 2.39. The molecule has 136 valence electrons. The lowest BCUT2D eigenvalue weighted by Gasteiger charge is -2.07. The smallest absolute Gasteiger partial charge is 0.341 e. The molecule has 1 amide bonds. The fourth-order valence-electron chi connectivity index (χ4n) is 2.81. The van der Waals surface area contributed by atoms with Crippen LogP contribution in [-0.2, 0) is 27.2 Å². The normalized spacial score (nSPS) is 12.8. The van der Waals surface area contributed by atoms with Crippen LogP contribution in [0.3, 0.4) is 0 Å². The average molecular weight is 372 g/mol. The highest BCUT2D eigenvalue weighted by atomic mass is 32.1. The minimum absolute atomic E-state index is 0.228. The van der Waals surface area contributed by atoms with Gasteiger partial charge in [0.1, 0.15) is 5.00 Å². The summed E-state index contributed by atoms with van der Waals surface area (Å²) in [7, 11) is 0. The van der Waals surface area contributed by atoms with E-state index in [0.717, 1.165) is 35.3 Å². The van der Waals surface area contributed by atoms with E-state index in [9.17, 15) is 9.59 Å². The first-order valence-electron chi connectivity index (χ1n) is 8.51. The number of rotatable bonds is 7. The molecule has 1 aromatic heterocycles. The molecule has 1 aromatic carbocycles. The lowest BCUT2D eigenvalue weighted by molar-refractivity contribution is -0.120. The van der Waals surface area contributed by atoms with Crippen LogP contribution < -0.4 is 5.32 Å². The minimum atomic E-state index is -0.384. The Hall–Kier alpha value is -2.67. The molecule has 3 rings (SSSR count). The number of hydrogen-bond donors (Lipinski definition) is 1. The largest absolute Gasteiger partial charge is 0.462 e. The Balaban J connectivity index is 1.61. The van der Waals surface area contributed by atoms with E-state index in [2.05, 4.69) is 10.5 Å². The topological polar surface area (TPSA) is 77.0 Å². The first-order chi connectivity index (χ1) is 12.7. The summed E-state index contributed by atoms with van der Waals surface area (Å²) >= 11 is 1.44. The van der Waals surface area contributed by atoms with E-state index in [0.29, 0.717) is 17.2 Å². The average Bonchev–Trinajstić information content (AvgIpc) is 3.20. The minimum Gasteiger partial charge on any atom is -0.462 e. The number of esters is 1. The molecule has 1 heterocycles. The summed E-state index contributed by atoms with van der Waals surface area (Å²) in [4.78, 5) is 30.6. The SMILES string of the molecule is CCOC(=O)c1c(NC(=O)CO/N=C\c2ccccc2)sc2c1CCC2. The third kappa shape index (κ3) is 4.29. The summed E-state index contributed by atoms with van der Waals surface area (Å²) in [6, 6.07) is 9.45. The van der Waals surface area contributed by atoms with Crippen molar-refractivity contribution in [2.24, 2.45) is 5.16 Å². The number of amides is 1. The Labute approximate surface area is 155 Å². The monoisotopic (exact) mass is 372 g/mol. The Morgan fingerprint density at radius 3 is 2.85 bits per heavy atom. The predicted octanol–water partition coefficient (Wildman–Crippen LogP) is 3.40. The third-order valence-electron chi connectivity index (χ3n) is 3.93. The molecular weight excluding hydrogens is 352 g/mol. The molecule has 1 N–H and O–H groups in total. The van der Waals surface area contributed by atoms with Crippen molar-refractivity contribution in [3.8, 4) is 0 Å². The maximum atomic E-state index is 12.3. The van der Waals surface area contributed by atoms with Gasteiger partial charge >= 0.3 is 5.97 Å². The molecule has 7 heteroatoms. The number of oxime groups is 1. The molecule has 2 aromatic rings. The van der Waals surface area contributed by atoms with Gasteiger partial charge in [-0.25, -0.2) is 4.79 Å². The summed E-state index contributed by atoms with van der Waals surface area (Å²) in [6.07, 6.45) is 4.34. The van der Waals surface area contributed by atoms with Gasteiger partial charge in [-0.05, 0) is 37.3 Å². The van der Waals surface area contributed by atoms with Gasteiger partial charge in [-0.15, -0.1) is 11.3 Å². The second-order valence-electron chi connectivity index (χ2n) is 5.75. The van der Waals surface area contributed by atoms with Crippen molar-refractivity contribution in [1.82, 2.24) is 0 Å². The Morgan fingerprint density at radius 2 is 2.08 bits per heavy atom. The first-order valence-corrected chi connectivity index (χ1v) is 9.32. The molecule has 26 heavy (non-hydrogen) atoms. The molecule has 1 aliphatic rings. The molecular formula is C19H20N2O4S. The van der Waals surface area contributed by atoms with Crippen LogP contribution in [0, 0.1) is 0 Å². The zero-order valence-electron chi connectivity index (χ0n) is 14.5. The number of nitrogens with one attached hydrogen (secondary N) is 1. The predicted molar refractivity (Wildman–Crippen MR) is 101 cm³/mol. The fraction of sp³-hybridized carbons (Fsp3) is 0.316. The van der Waals surface area contributed by atoms with Gasteiger partial charge in [0.15, 0.2) is 6.61 Å². The van der Waals surface area contributed by atoms with Crippen LogP contribution in [0.2, 0.25) is 0 Å². The number of carbonyl (C=O) groups is 2. The fourth-order valence-corrected chi connectivity index (χ4v) is 4.10. The van der Waals surface area contributed by atoms with E-state index in [-0.39, 0.29) is 18.5 Å². The van der Waals surface area contributed by atoms with E-state index in [4.69, 9.17) is 9.57 Å². The first kappa shape index (κ1) is 18.1. The van der Waals surface area contributed by atoms with Crippen molar-refractivity contribution < 1.29 is 19.2 Å². The molecule has 0 radical (unpaired) electrons. The van der Waals surface area contributed by atoms with Crippen LogP contribution in [0.5, 0.6) is 0 Å². The highest BCUT2D eigenvalue weighted by molar-refractivity contribution is 7.17. The number of aryl methyl sites for hydroxylation is 1. The Morgan fingerprint density at radius 1 is 1.27 bits per heavy atom. The Bertz CT molecular complexity index is 814. The summed E-state index contributed by atoms with van der Waals surface area (Å²) in [5.41, 5.74) is 2.38. The molecule has 0 saturated heterocycles. The van der Waals surface area contributed by atoms with Crippen LogP contribution in [-0.4, -0.2) is 31.3 Å². The van der Waals surface area contributed by atoms with Gasteiger partial charge in [0.05, 0.1) is 18.4 Å². The van der Waals surface area contributed by atoms with E-state index in [1.807, 2.05) is 30.3 Å². The number of nitrogens with zero attached hydrogens (tertiary/aromatic N) is 1. The summed E-state index contributed by atoms with van der Waals surface area (Å²) in [5.74, 6) is -0.745. The lowest BCUT2D eigenvalue weighted by atomic mass is 10.1. The lowest BCUT2D eigenvalue weighted by Crippen LogP contribution is -2.18. The zero-order chi connectivity index (χ0) is 18.4. The zero-order valence-corrected chi connectivity index (χ0v) is 15.3.